The molecule has 1 amide bonds. The average molecular weight is 429 g/mol. The zero-order valence-corrected chi connectivity index (χ0v) is 18.0. The lowest BCUT2D eigenvalue weighted by atomic mass is 9.72. The zero-order valence-electron chi connectivity index (χ0n) is 18.0. The van der Waals surface area contributed by atoms with Gasteiger partial charge in [-0.25, -0.2) is 4.68 Å². The van der Waals surface area contributed by atoms with Gasteiger partial charge in [-0.3, -0.25) is 14.6 Å². The summed E-state index contributed by atoms with van der Waals surface area (Å²) in [5.74, 6) is 0.630. The van der Waals surface area contributed by atoms with Crippen LogP contribution >= 0.6 is 0 Å². The molecule has 2 aromatic heterocycles. The highest BCUT2D eigenvalue weighted by molar-refractivity contribution is 6.04. The fraction of sp³-hybridized carbons (Fsp3) is 0.292. The summed E-state index contributed by atoms with van der Waals surface area (Å²) >= 11 is 0. The Morgan fingerprint density at radius 1 is 1.16 bits per heavy atom. The second-order valence-electron chi connectivity index (χ2n) is 7.87. The van der Waals surface area contributed by atoms with Gasteiger partial charge in [0, 0.05) is 12.8 Å². The van der Waals surface area contributed by atoms with Crippen LogP contribution in [0.1, 0.15) is 47.4 Å². The number of carbonyl (C=O) groups is 2. The van der Waals surface area contributed by atoms with E-state index in [1.165, 1.54) is 6.20 Å². The van der Waals surface area contributed by atoms with E-state index in [4.69, 9.17) is 4.74 Å². The van der Waals surface area contributed by atoms with Gasteiger partial charge >= 0.3 is 0 Å². The molecule has 3 aromatic rings. The molecule has 0 atom stereocenters. The highest BCUT2D eigenvalue weighted by Crippen LogP contribution is 2.37. The number of amides is 1. The van der Waals surface area contributed by atoms with E-state index in [1.54, 1.807) is 30.1 Å². The fourth-order valence-corrected chi connectivity index (χ4v) is 3.95. The number of hydrogen-bond acceptors (Lipinski definition) is 6. The summed E-state index contributed by atoms with van der Waals surface area (Å²) in [6.45, 7) is 1.83. The first kappa shape index (κ1) is 21.2. The van der Waals surface area contributed by atoms with Crippen molar-refractivity contribution < 1.29 is 14.3 Å². The van der Waals surface area contributed by atoms with Gasteiger partial charge in [0.25, 0.3) is 5.91 Å². The van der Waals surface area contributed by atoms with Crippen LogP contribution < -0.4 is 10.1 Å². The van der Waals surface area contributed by atoms with Crippen LogP contribution in [-0.4, -0.2) is 33.6 Å². The Bertz CT molecular complexity index is 1180. The minimum absolute atomic E-state index is 0.185. The molecule has 8 nitrogen and oxygen atoms in total. The number of benzene rings is 1. The molecule has 1 aromatic carbocycles. The SMILES string of the molecule is COc1ccc(-n2ncc(C(=O)Nc3ccc(C4(C#N)CCC(=O)CC4)nc3)c2C)cc1. The van der Waals surface area contributed by atoms with Crippen molar-refractivity contribution in [3.8, 4) is 17.5 Å². The Morgan fingerprint density at radius 3 is 2.47 bits per heavy atom. The largest absolute Gasteiger partial charge is 0.497 e. The fourth-order valence-electron chi connectivity index (χ4n) is 3.95. The van der Waals surface area contributed by atoms with E-state index >= 15 is 0 Å². The number of Topliss-reactive ketones (excluding diaryl/α,β-unsaturated/α-hetero) is 1. The maximum Gasteiger partial charge on any atom is 0.259 e. The molecule has 0 spiro atoms. The van der Waals surface area contributed by atoms with Crippen molar-refractivity contribution in [1.82, 2.24) is 14.8 Å². The molecule has 4 rings (SSSR count). The molecule has 32 heavy (non-hydrogen) atoms. The topological polar surface area (TPSA) is 110 Å². The highest BCUT2D eigenvalue weighted by Gasteiger charge is 2.37. The van der Waals surface area contributed by atoms with E-state index in [9.17, 15) is 14.9 Å². The molecule has 1 fully saturated rings. The minimum atomic E-state index is -0.744. The van der Waals surface area contributed by atoms with Gasteiger partial charge in [0.05, 0.1) is 53.9 Å². The van der Waals surface area contributed by atoms with E-state index in [0.29, 0.717) is 48.3 Å². The molecule has 8 heteroatoms. The van der Waals surface area contributed by atoms with Crippen LogP contribution in [0.25, 0.3) is 5.69 Å². The van der Waals surface area contributed by atoms with Crippen LogP contribution in [0.3, 0.4) is 0 Å². The van der Waals surface area contributed by atoms with Crippen molar-refractivity contribution in [2.75, 3.05) is 12.4 Å². The maximum atomic E-state index is 12.8. The van der Waals surface area contributed by atoms with Gasteiger partial charge in [0.2, 0.25) is 0 Å². The Morgan fingerprint density at radius 2 is 1.88 bits per heavy atom. The Kier molecular flexibility index (Phi) is 5.73. The number of hydrogen-bond donors (Lipinski definition) is 1. The third-order valence-electron chi connectivity index (χ3n) is 5.96. The number of anilines is 1. The molecule has 0 radical (unpaired) electrons. The first-order valence-electron chi connectivity index (χ1n) is 10.4. The van der Waals surface area contributed by atoms with Gasteiger partial charge in [0.15, 0.2) is 0 Å². The van der Waals surface area contributed by atoms with Crippen LogP contribution in [0.2, 0.25) is 0 Å². The number of ether oxygens (including phenoxy) is 1. The van der Waals surface area contributed by atoms with Crippen LogP contribution in [0.15, 0.2) is 48.8 Å². The van der Waals surface area contributed by atoms with Gasteiger partial charge in [0.1, 0.15) is 16.9 Å². The summed E-state index contributed by atoms with van der Waals surface area (Å²) < 4.78 is 6.87. The number of nitrogens with one attached hydrogen (secondary N) is 1. The standard InChI is InChI=1S/C24H23N5O3/c1-16-21(14-27-29(16)18-4-6-20(32-2)7-5-18)23(31)28-17-3-8-22(26-13-17)24(15-25)11-9-19(30)10-12-24/h3-8,13-14H,9-12H2,1-2H3,(H,28,31). The van der Waals surface area contributed by atoms with E-state index in [0.717, 1.165) is 11.4 Å². The molecule has 0 bridgehead atoms. The van der Waals surface area contributed by atoms with Crippen LogP contribution in [0.4, 0.5) is 5.69 Å². The number of carbonyl (C=O) groups excluding carboxylic acids is 2. The first-order valence-corrected chi connectivity index (χ1v) is 10.4. The molecule has 2 heterocycles. The molecule has 1 saturated carbocycles. The second kappa shape index (κ2) is 8.63. The lowest BCUT2D eigenvalue weighted by Crippen LogP contribution is -2.31. The molecular formula is C24H23N5O3. The van der Waals surface area contributed by atoms with E-state index < -0.39 is 5.41 Å². The summed E-state index contributed by atoms with van der Waals surface area (Å²) in [5, 5.41) is 16.9. The van der Waals surface area contributed by atoms with Crippen molar-refractivity contribution in [2.24, 2.45) is 0 Å². The third-order valence-corrected chi connectivity index (χ3v) is 5.96. The molecule has 0 unspecified atom stereocenters. The average Bonchev–Trinajstić information content (AvgIpc) is 3.22. The summed E-state index contributed by atoms with van der Waals surface area (Å²) in [6.07, 6.45) is 4.82. The number of pyridine rings is 1. The van der Waals surface area contributed by atoms with Gasteiger partial charge in [-0.05, 0) is 56.2 Å². The van der Waals surface area contributed by atoms with Crippen molar-refractivity contribution in [1.29, 1.82) is 5.26 Å². The summed E-state index contributed by atoms with van der Waals surface area (Å²) in [4.78, 5) is 28.8. The first-order chi connectivity index (χ1) is 15.5. The monoisotopic (exact) mass is 429 g/mol. The van der Waals surface area contributed by atoms with Gasteiger partial charge in [-0.1, -0.05) is 0 Å². The smallest absolute Gasteiger partial charge is 0.259 e. The minimum Gasteiger partial charge on any atom is -0.497 e. The molecule has 162 valence electrons. The molecule has 1 N–H and O–H groups in total. The lowest BCUT2D eigenvalue weighted by molar-refractivity contribution is -0.121. The van der Waals surface area contributed by atoms with Crippen molar-refractivity contribution >= 4 is 17.4 Å². The Hall–Kier alpha value is -3.99. The predicted octanol–water partition coefficient (Wildman–Crippen LogP) is 3.74. The molecule has 1 aliphatic rings. The Labute approximate surface area is 185 Å². The number of rotatable bonds is 5. The zero-order chi connectivity index (χ0) is 22.7. The quantitative estimate of drug-likeness (QED) is 0.662. The van der Waals surface area contributed by atoms with Crippen molar-refractivity contribution in [3.05, 3.63) is 65.7 Å². The van der Waals surface area contributed by atoms with Gasteiger partial charge in [-0.2, -0.15) is 10.4 Å². The number of methoxy groups -OCH3 is 1. The van der Waals surface area contributed by atoms with Gasteiger partial charge < -0.3 is 10.1 Å². The third kappa shape index (κ3) is 3.97. The van der Waals surface area contributed by atoms with Gasteiger partial charge in [-0.15, -0.1) is 0 Å². The number of ketones is 1. The molecule has 0 saturated heterocycles. The normalized spacial score (nSPS) is 15.1. The highest BCUT2D eigenvalue weighted by atomic mass is 16.5. The molecular weight excluding hydrogens is 406 g/mol. The van der Waals surface area contributed by atoms with E-state index in [1.807, 2.05) is 31.2 Å². The van der Waals surface area contributed by atoms with Crippen LogP contribution in [0.5, 0.6) is 5.75 Å². The number of nitriles is 1. The second-order valence-corrected chi connectivity index (χ2v) is 7.87. The summed E-state index contributed by atoms with van der Waals surface area (Å²) in [5.41, 5.74) is 2.38. The number of aromatic nitrogens is 3. The van der Waals surface area contributed by atoms with Crippen molar-refractivity contribution in [3.63, 3.8) is 0 Å². The van der Waals surface area contributed by atoms with Crippen LogP contribution in [0, 0.1) is 18.3 Å². The lowest BCUT2D eigenvalue weighted by Gasteiger charge is -2.29. The molecule has 1 aliphatic carbocycles. The number of nitrogens with zero attached hydrogens (tertiary/aromatic N) is 4. The summed E-state index contributed by atoms with van der Waals surface area (Å²) in [6, 6.07) is 13.2. The predicted molar refractivity (Wildman–Crippen MR) is 118 cm³/mol. The van der Waals surface area contributed by atoms with Crippen molar-refractivity contribution in [2.45, 2.75) is 38.0 Å². The van der Waals surface area contributed by atoms with E-state index in [-0.39, 0.29) is 11.7 Å². The van der Waals surface area contributed by atoms with Crippen LogP contribution in [-0.2, 0) is 10.2 Å². The molecule has 0 aliphatic heterocycles. The van der Waals surface area contributed by atoms with E-state index in [2.05, 4.69) is 21.5 Å². The maximum absolute atomic E-state index is 12.8. The summed E-state index contributed by atoms with van der Waals surface area (Å²) in [7, 11) is 1.61. The Balaban J connectivity index is 1.49.